The van der Waals surface area contributed by atoms with Crippen molar-refractivity contribution >= 4 is 29.6 Å². The van der Waals surface area contributed by atoms with Crippen LogP contribution in [-0.2, 0) is 9.59 Å². The molecule has 1 aromatic rings. The molecule has 0 amide bonds. The molecule has 0 spiro atoms. The van der Waals surface area contributed by atoms with Crippen molar-refractivity contribution < 1.29 is 14.7 Å². The van der Waals surface area contributed by atoms with Gasteiger partial charge in [0.25, 0.3) is 0 Å². The second-order valence-electron chi connectivity index (χ2n) is 3.22. The van der Waals surface area contributed by atoms with Gasteiger partial charge in [-0.2, -0.15) is 0 Å². The Bertz CT molecular complexity index is 410. The van der Waals surface area contributed by atoms with Crippen molar-refractivity contribution in [1.29, 1.82) is 0 Å². The Morgan fingerprint density at radius 3 is 2.44 bits per heavy atom. The van der Waals surface area contributed by atoms with E-state index in [1.54, 1.807) is 6.08 Å². The van der Waals surface area contributed by atoms with Gasteiger partial charge in [0.05, 0.1) is 10.7 Å². The van der Waals surface area contributed by atoms with Gasteiger partial charge in [0.1, 0.15) is 5.78 Å². The SMILES string of the molecule is CC(=O)CS/C(=C\c1ccccc1)C(=O)O. The first-order valence-corrected chi connectivity index (χ1v) is 5.70. The van der Waals surface area contributed by atoms with Crippen molar-refractivity contribution in [2.75, 3.05) is 5.75 Å². The summed E-state index contributed by atoms with van der Waals surface area (Å²) in [5.41, 5.74) is 0.816. The minimum absolute atomic E-state index is 0.0368. The number of carbonyl (C=O) groups is 2. The molecule has 4 heteroatoms. The number of aliphatic carboxylic acids is 1. The number of Topliss-reactive ketones (excluding diaryl/α,β-unsaturated/α-hetero) is 1. The third-order valence-corrected chi connectivity index (χ3v) is 2.89. The van der Waals surface area contributed by atoms with Crippen molar-refractivity contribution in [3.8, 4) is 0 Å². The number of ketones is 1. The summed E-state index contributed by atoms with van der Waals surface area (Å²) in [6.45, 7) is 1.44. The molecule has 0 radical (unpaired) electrons. The first-order chi connectivity index (χ1) is 7.59. The lowest BCUT2D eigenvalue weighted by atomic mass is 10.2. The molecule has 0 heterocycles. The second-order valence-corrected chi connectivity index (χ2v) is 4.23. The van der Waals surface area contributed by atoms with E-state index in [1.165, 1.54) is 6.92 Å². The Hall–Kier alpha value is -1.55. The van der Waals surface area contributed by atoms with E-state index in [9.17, 15) is 9.59 Å². The summed E-state index contributed by atoms with van der Waals surface area (Å²) in [6.07, 6.45) is 1.57. The molecule has 1 rings (SSSR count). The summed E-state index contributed by atoms with van der Waals surface area (Å²) in [5, 5.41) is 8.95. The number of hydrogen-bond acceptors (Lipinski definition) is 3. The van der Waals surface area contributed by atoms with Crippen molar-refractivity contribution in [2.24, 2.45) is 0 Å². The summed E-state index contributed by atoms with van der Waals surface area (Å²) >= 11 is 1.04. The molecule has 0 saturated carbocycles. The van der Waals surface area contributed by atoms with Crippen LogP contribution in [0.5, 0.6) is 0 Å². The zero-order valence-electron chi connectivity index (χ0n) is 8.84. The quantitative estimate of drug-likeness (QED) is 0.798. The highest BCUT2D eigenvalue weighted by Gasteiger charge is 2.09. The lowest BCUT2D eigenvalue weighted by Crippen LogP contribution is -2.01. The number of carboxylic acids is 1. The van der Waals surface area contributed by atoms with Crippen molar-refractivity contribution in [3.05, 3.63) is 40.8 Å². The molecule has 16 heavy (non-hydrogen) atoms. The zero-order chi connectivity index (χ0) is 12.0. The summed E-state index contributed by atoms with van der Waals surface area (Å²) in [6, 6.07) is 9.16. The van der Waals surface area contributed by atoms with E-state index in [1.807, 2.05) is 30.3 Å². The number of carbonyl (C=O) groups excluding carboxylic acids is 1. The molecule has 84 valence electrons. The zero-order valence-corrected chi connectivity index (χ0v) is 9.66. The summed E-state index contributed by atoms with van der Waals surface area (Å²) in [5.74, 6) is -0.856. The lowest BCUT2D eigenvalue weighted by molar-refractivity contribution is -0.131. The maximum Gasteiger partial charge on any atom is 0.342 e. The monoisotopic (exact) mass is 236 g/mol. The van der Waals surface area contributed by atoms with Gasteiger partial charge in [-0.3, -0.25) is 4.79 Å². The number of carboxylic acid groups (broad SMARTS) is 1. The van der Waals surface area contributed by atoms with Crippen molar-refractivity contribution in [2.45, 2.75) is 6.92 Å². The average Bonchev–Trinajstić information content (AvgIpc) is 2.25. The highest BCUT2D eigenvalue weighted by atomic mass is 32.2. The van der Waals surface area contributed by atoms with Gasteiger partial charge in [0.2, 0.25) is 0 Å². The van der Waals surface area contributed by atoms with E-state index in [0.29, 0.717) is 0 Å². The molecule has 1 aromatic carbocycles. The van der Waals surface area contributed by atoms with E-state index in [-0.39, 0.29) is 16.4 Å². The van der Waals surface area contributed by atoms with E-state index in [4.69, 9.17) is 5.11 Å². The van der Waals surface area contributed by atoms with Gasteiger partial charge in [-0.05, 0) is 18.6 Å². The third kappa shape index (κ3) is 4.31. The van der Waals surface area contributed by atoms with Crippen LogP contribution in [0, 0.1) is 0 Å². The Balaban J connectivity index is 2.81. The van der Waals surface area contributed by atoms with Crippen LogP contribution in [0.25, 0.3) is 6.08 Å². The van der Waals surface area contributed by atoms with Crippen LogP contribution in [0.4, 0.5) is 0 Å². The first-order valence-electron chi connectivity index (χ1n) is 4.72. The maximum absolute atomic E-state index is 10.9. The molecule has 3 nitrogen and oxygen atoms in total. The van der Waals surface area contributed by atoms with Crippen molar-refractivity contribution in [3.63, 3.8) is 0 Å². The first kappa shape index (κ1) is 12.5. The molecule has 0 atom stereocenters. The van der Waals surface area contributed by atoms with Crippen LogP contribution >= 0.6 is 11.8 Å². The topological polar surface area (TPSA) is 54.4 Å². The molecular formula is C12H12O3S. The van der Waals surface area contributed by atoms with Crippen LogP contribution in [-0.4, -0.2) is 22.6 Å². The van der Waals surface area contributed by atoms with Crippen LogP contribution in [0.2, 0.25) is 0 Å². The average molecular weight is 236 g/mol. The fourth-order valence-corrected chi connectivity index (χ4v) is 1.75. The lowest BCUT2D eigenvalue weighted by Gasteiger charge is -2.00. The van der Waals surface area contributed by atoms with Gasteiger partial charge >= 0.3 is 5.97 Å². The minimum Gasteiger partial charge on any atom is -0.477 e. The minimum atomic E-state index is -1.00. The van der Waals surface area contributed by atoms with E-state index in [2.05, 4.69) is 0 Å². The molecule has 0 unspecified atom stereocenters. The highest BCUT2D eigenvalue weighted by Crippen LogP contribution is 2.19. The summed E-state index contributed by atoms with van der Waals surface area (Å²) in [4.78, 5) is 21.9. The van der Waals surface area contributed by atoms with Crippen LogP contribution in [0.3, 0.4) is 0 Å². The van der Waals surface area contributed by atoms with Crippen LogP contribution < -0.4 is 0 Å². The molecule has 0 aliphatic carbocycles. The fourth-order valence-electron chi connectivity index (χ4n) is 1.05. The Kier molecular flexibility index (Phi) is 4.79. The normalized spacial score (nSPS) is 11.2. The number of rotatable bonds is 5. The van der Waals surface area contributed by atoms with Gasteiger partial charge in [0, 0.05) is 0 Å². The summed E-state index contributed by atoms with van der Waals surface area (Å²) in [7, 11) is 0. The summed E-state index contributed by atoms with van der Waals surface area (Å²) < 4.78 is 0. The molecule has 0 aliphatic rings. The van der Waals surface area contributed by atoms with Gasteiger partial charge in [-0.15, -0.1) is 11.8 Å². The van der Waals surface area contributed by atoms with Gasteiger partial charge in [-0.1, -0.05) is 30.3 Å². The molecule has 0 aliphatic heterocycles. The maximum atomic E-state index is 10.9. The number of benzene rings is 1. The predicted octanol–water partition coefficient (Wildman–Crippen LogP) is 2.43. The highest BCUT2D eigenvalue weighted by molar-refractivity contribution is 8.04. The Morgan fingerprint density at radius 2 is 1.94 bits per heavy atom. The largest absolute Gasteiger partial charge is 0.477 e. The standard InChI is InChI=1S/C12H12O3S/c1-9(13)8-16-11(12(14)15)7-10-5-3-2-4-6-10/h2-7H,8H2,1H3,(H,14,15)/b11-7-. The second kappa shape index (κ2) is 6.12. The van der Waals surface area contributed by atoms with Gasteiger partial charge < -0.3 is 5.11 Å². The van der Waals surface area contributed by atoms with E-state index in [0.717, 1.165) is 17.3 Å². The van der Waals surface area contributed by atoms with Crippen LogP contribution in [0.15, 0.2) is 35.2 Å². The molecule has 0 bridgehead atoms. The predicted molar refractivity (Wildman–Crippen MR) is 65.2 cm³/mol. The Labute approximate surface area is 98.2 Å². The van der Waals surface area contributed by atoms with Crippen molar-refractivity contribution in [1.82, 2.24) is 0 Å². The number of thioether (sulfide) groups is 1. The fraction of sp³-hybridized carbons (Fsp3) is 0.167. The number of hydrogen-bond donors (Lipinski definition) is 1. The molecule has 0 fully saturated rings. The third-order valence-electron chi connectivity index (χ3n) is 1.74. The van der Waals surface area contributed by atoms with E-state index >= 15 is 0 Å². The van der Waals surface area contributed by atoms with Crippen LogP contribution in [0.1, 0.15) is 12.5 Å². The molecular weight excluding hydrogens is 224 g/mol. The van der Waals surface area contributed by atoms with Gasteiger partial charge in [0.15, 0.2) is 0 Å². The van der Waals surface area contributed by atoms with E-state index < -0.39 is 5.97 Å². The Morgan fingerprint density at radius 1 is 1.31 bits per heavy atom. The van der Waals surface area contributed by atoms with Gasteiger partial charge in [-0.25, -0.2) is 4.79 Å². The molecule has 1 N–H and O–H groups in total. The smallest absolute Gasteiger partial charge is 0.342 e. The molecule has 0 saturated heterocycles. The molecule has 0 aromatic heterocycles.